The van der Waals surface area contributed by atoms with Crippen LogP contribution in [0.1, 0.15) is 6.42 Å². The van der Waals surface area contributed by atoms with E-state index in [4.69, 9.17) is 10.5 Å². The smallest absolute Gasteiger partial charge is 0.0594 e. The fourth-order valence-electron chi connectivity index (χ4n) is 2.21. The maximum atomic E-state index is 5.48. The van der Waals surface area contributed by atoms with Crippen LogP contribution in [0.3, 0.4) is 0 Å². The summed E-state index contributed by atoms with van der Waals surface area (Å²) in [5.74, 6) is 0. The number of nitrogens with zero attached hydrogens (tertiary/aromatic N) is 2. The summed E-state index contributed by atoms with van der Waals surface area (Å²) < 4.78 is 5.34. The second-order valence-corrected chi connectivity index (χ2v) is 4.20. The Morgan fingerprint density at radius 3 is 2.57 bits per heavy atom. The summed E-state index contributed by atoms with van der Waals surface area (Å²) in [6, 6.07) is 0.789. The van der Waals surface area contributed by atoms with Gasteiger partial charge in [0.15, 0.2) is 0 Å². The van der Waals surface area contributed by atoms with E-state index in [9.17, 15) is 0 Å². The molecule has 0 aromatic rings. The first-order valence-corrected chi connectivity index (χ1v) is 5.64. The average Bonchev–Trinajstić information content (AvgIpc) is 2.17. The van der Waals surface area contributed by atoms with Gasteiger partial charge in [-0.3, -0.25) is 4.90 Å². The normalized spacial score (nSPS) is 26.4. The molecule has 4 heteroatoms. The van der Waals surface area contributed by atoms with Crippen molar-refractivity contribution in [3.8, 4) is 0 Å². The van der Waals surface area contributed by atoms with E-state index in [0.29, 0.717) is 0 Å². The number of likely N-dealkylation sites (tertiary alicyclic amines) is 1. The van der Waals surface area contributed by atoms with Gasteiger partial charge in [-0.25, -0.2) is 0 Å². The Morgan fingerprint density at radius 2 is 1.93 bits per heavy atom. The molecule has 0 atom stereocenters. The first-order chi connectivity index (χ1) is 6.90. The Bertz CT molecular complexity index is 165. The third-order valence-electron chi connectivity index (χ3n) is 3.18. The maximum Gasteiger partial charge on any atom is 0.0594 e. The molecule has 2 heterocycles. The Balaban J connectivity index is 1.61. The van der Waals surface area contributed by atoms with Gasteiger partial charge < -0.3 is 15.4 Å². The van der Waals surface area contributed by atoms with Gasteiger partial charge in [-0.15, -0.1) is 0 Å². The zero-order valence-electron chi connectivity index (χ0n) is 8.82. The van der Waals surface area contributed by atoms with Crippen molar-refractivity contribution >= 4 is 0 Å². The van der Waals surface area contributed by atoms with Crippen molar-refractivity contribution in [2.24, 2.45) is 5.73 Å². The summed E-state index contributed by atoms with van der Waals surface area (Å²) in [4.78, 5) is 5.05. The van der Waals surface area contributed by atoms with Gasteiger partial charge in [0.1, 0.15) is 0 Å². The molecule has 0 aliphatic carbocycles. The van der Waals surface area contributed by atoms with Gasteiger partial charge in [-0.05, 0) is 19.5 Å². The number of nitrogens with two attached hydrogens (primary N) is 1. The summed E-state index contributed by atoms with van der Waals surface area (Å²) in [6.45, 7) is 8.54. The molecule has 0 bridgehead atoms. The van der Waals surface area contributed by atoms with Gasteiger partial charge in [0.2, 0.25) is 0 Å². The summed E-state index contributed by atoms with van der Waals surface area (Å²) in [5.41, 5.74) is 5.48. The van der Waals surface area contributed by atoms with E-state index < -0.39 is 0 Å². The molecule has 4 nitrogen and oxygen atoms in total. The monoisotopic (exact) mass is 199 g/mol. The van der Waals surface area contributed by atoms with Crippen molar-refractivity contribution in [1.29, 1.82) is 0 Å². The topological polar surface area (TPSA) is 41.7 Å². The van der Waals surface area contributed by atoms with Gasteiger partial charge in [0.05, 0.1) is 13.2 Å². The van der Waals surface area contributed by atoms with Gasteiger partial charge in [-0.2, -0.15) is 0 Å². The van der Waals surface area contributed by atoms with Crippen LogP contribution >= 0.6 is 0 Å². The van der Waals surface area contributed by atoms with Crippen LogP contribution in [0, 0.1) is 0 Å². The minimum atomic E-state index is 0.789. The molecule has 2 fully saturated rings. The van der Waals surface area contributed by atoms with Crippen molar-refractivity contribution in [1.82, 2.24) is 9.80 Å². The molecule has 0 unspecified atom stereocenters. The van der Waals surface area contributed by atoms with Gasteiger partial charge >= 0.3 is 0 Å². The van der Waals surface area contributed by atoms with Crippen LogP contribution in [0.25, 0.3) is 0 Å². The second kappa shape index (κ2) is 5.07. The third-order valence-corrected chi connectivity index (χ3v) is 3.18. The predicted molar refractivity (Wildman–Crippen MR) is 56.3 cm³/mol. The van der Waals surface area contributed by atoms with Crippen LogP contribution in [0.15, 0.2) is 0 Å². The van der Waals surface area contributed by atoms with Crippen molar-refractivity contribution in [3.63, 3.8) is 0 Å². The average molecular weight is 199 g/mol. The Kier molecular flexibility index (Phi) is 3.75. The first-order valence-electron chi connectivity index (χ1n) is 5.64. The van der Waals surface area contributed by atoms with Crippen molar-refractivity contribution in [2.75, 3.05) is 52.5 Å². The largest absolute Gasteiger partial charge is 0.379 e. The Labute approximate surface area is 86.0 Å². The van der Waals surface area contributed by atoms with Gasteiger partial charge in [0, 0.05) is 32.2 Å². The van der Waals surface area contributed by atoms with E-state index in [2.05, 4.69) is 9.80 Å². The molecule has 82 valence electrons. The molecule has 0 amide bonds. The molecule has 2 aliphatic rings. The van der Waals surface area contributed by atoms with Crippen LogP contribution < -0.4 is 5.73 Å². The lowest BCUT2D eigenvalue weighted by Gasteiger charge is -2.46. The highest BCUT2D eigenvalue weighted by Crippen LogP contribution is 2.15. The number of hydrogen-bond donors (Lipinski definition) is 1. The SMILES string of the molecule is NCCCN1CC(N2CCOCC2)C1. The van der Waals surface area contributed by atoms with E-state index in [1.165, 1.54) is 19.6 Å². The van der Waals surface area contributed by atoms with E-state index in [0.717, 1.165) is 45.3 Å². The fourth-order valence-corrected chi connectivity index (χ4v) is 2.21. The molecule has 2 aliphatic heterocycles. The summed E-state index contributed by atoms with van der Waals surface area (Å²) in [7, 11) is 0. The van der Waals surface area contributed by atoms with E-state index >= 15 is 0 Å². The fraction of sp³-hybridized carbons (Fsp3) is 1.00. The summed E-state index contributed by atoms with van der Waals surface area (Å²) in [5, 5.41) is 0. The van der Waals surface area contributed by atoms with E-state index in [1.54, 1.807) is 0 Å². The van der Waals surface area contributed by atoms with Crippen molar-refractivity contribution in [2.45, 2.75) is 12.5 Å². The molecule has 2 saturated heterocycles. The Hall–Kier alpha value is -0.160. The Morgan fingerprint density at radius 1 is 1.21 bits per heavy atom. The lowest BCUT2D eigenvalue weighted by atomic mass is 10.1. The zero-order chi connectivity index (χ0) is 9.80. The summed E-state index contributed by atoms with van der Waals surface area (Å²) >= 11 is 0. The molecular formula is C10H21N3O. The molecule has 2 rings (SSSR count). The number of rotatable bonds is 4. The minimum absolute atomic E-state index is 0.789. The highest BCUT2D eigenvalue weighted by Gasteiger charge is 2.31. The van der Waals surface area contributed by atoms with Gasteiger partial charge in [0.25, 0.3) is 0 Å². The number of hydrogen-bond acceptors (Lipinski definition) is 4. The van der Waals surface area contributed by atoms with Crippen LogP contribution in [-0.2, 0) is 4.74 Å². The summed E-state index contributed by atoms with van der Waals surface area (Å²) in [6.07, 6.45) is 1.13. The van der Waals surface area contributed by atoms with E-state index in [1.807, 2.05) is 0 Å². The highest BCUT2D eigenvalue weighted by atomic mass is 16.5. The van der Waals surface area contributed by atoms with Crippen LogP contribution in [-0.4, -0.2) is 68.3 Å². The van der Waals surface area contributed by atoms with Crippen molar-refractivity contribution < 1.29 is 4.74 Å². The first kappa shape index (κ1) is 10.4. The van der Waals surface area contributed by atoms with Crippen LogP contribution in [0.4, 0.5) is 0 Å². The molecule has 0 radical (unpaired) electrons. The number of ether oxygens (including phenoxy) is 1. The highest BCUT2D eigenvalue weighted by molar-refractivity contribution is 4.88. The maximum absolute atomic E-state index is 5.48. The lowest BCUT2D eigenvalue weighted by molar-refractivity contribution is -0.0319. The number of morpholine rings is 1. The van der Waals surface area contributed by atoms with Crippen LogP contribution in [0.2, 0.25) is 0 Å². The standard InChI is InChI=1S/C10H21N3O/c11-2-1-3-12-8-10(9-12)13-4-6-14-7-5-13/h10H,1-9,11H2. The lowest BCUT2D eigenvalue weighted by Crippen LogP contribution is -2.61. The quantitative estimate of drug-likeness (QED) is 0.653. The molecular weight excluding hydrogens is 178 g/mol. The molecule has 0 spiro atoms. The predicted octanol–water partition coefficient (Wildman–Crippen LogP) is -0.648. The molecule has 0 aromatic carbocycles. The zero-order valence-corrected chi connectivity index (χ0v) is 8.82. The molecule has 0 aromatic heterocycles. The van der Waals surface area contributed by atoms with Gasteiger partial charge in [-0.1, -0.05) is 0 Å². The second-order valence-electron chi connectivity index (χ2n) is 4.20. The minimum Gasteiger partial charge on any atom is -0.379 e. The van der Waals surface area contributed by atoms with E-state index in [-0.39, 0.29) is 0 Å². The van der Waals surface area contributed by atoms with Crippen molar-refractivity contribution in [3.05, 3.63) is 0 Å². The molecule has 14 heavy (non-hydrogen) atoms. The molecule has 0 saturated carbocycles. The molecule has 2 N–H and O–H groups in total. The van der Waals surface area contributed by atoms with Crippen LogP contribution in [0.5, 0.6) is 0 Å². The third kappa shape index (κ3) is 2.45.